The van der Waals surface area contributed by atoms with Gasteiger partial charge in [-0.2, -0.15) is 0 Å². The number of nitrogens with one attached hydrogen (secondary N) is 1. The summed E-state index contributed by atoms with van der Waals surface area (Å²) >= 11 is 0. The van der Waals surface area contributed by atoms with Gasteiger partial charge in [-0.25, -0.2) is 0 Å². The molecule has 0 saturated carbocycles. The first kappa shape index (κ1) is 22.6. The number of nitrogen functional groups attached to an aromatic ring is 1. The summed E-state index contributed by atoms with van der Waals surface area (Å²) in [5.74, 6) is 0.383. The first-order chi connectivity index (χ1) is 13.6. The Hall–Kier alpha value is -2.73. The van der Waals surface area contributed by atoms with Crippen LogP contribution in [-0.2, 0) is 11.2 Å². The van der Waals surface area contributed by atoms with Gasteiger partial charge in [0.2, 0.25) is 5.91 Å². The van der Waals surface area contributed by atoms with Crippen molar-refractivity contribution in [2.45, 2.75) is 32.6 Å². The van der Waals surface area contributed by atoms with Crippen LogP contribution in [0.1, 0.15) is 42.1 Å². The number of ether oxygens (including phenoxy) is 1. The zero-order valence-corrected chi connectivity index (χ0v) is 17.5. The number of benzene rings is 2. The summed E-state index contributed by atoms with van der Waals surface area (Å²) in [4.78, 5) is 27.2. The lowest BCUT2D eigenvalue weighted by Gasteiger charge is -2.27. The molecular weight excluding hydrogens is 390 g/mol. The Morgan fingerprint density at radius 1 is 1.07 bits per heavy atom. The summed E-state index contributed by atoms with van der Waals surface area (Å²) in [6.45, 7) is 3.92. The van der Waals surface area contributed by atoms with E-state index < -0.39 is 0 Å². The Labute approximate surface area is 177 Å². The highest BCUT2D eigenvalue weighted by Gasteiger charge is 2.20. The Bertz CT molecular complexity index is 834. The summed E-state index contributed by atoms with van der Waals surface area (Å²) in [5, 5.41) is 2.89. The second kappa shape index (κ2) is 10.7. The van der Waals surface area contributed by atoms with E-state index in [0.717, 1.165) is 31.5 Å². The van der Waals surface area contributed by atoms with Crippen molar-refractivity contribution in [3.05, 3.63) is 53.6 Å². The van der Waals surface area contributed by atoms with Crippen molar-refractivity contribution in [2.75, 3.05) is 30.7 Å². The maximum absolute atomic E-state index is 12.8. The average molecular weight is 418 g/mol. The number of amides is 2. The predicted molar refractivity (Wildman–Crippen MR) is 118 cm³/mol. The Balaban J connectivity index is 0.00000300. The molecule has 6 nitrogen and oxygen atoms in total. The molecule has 1 saturated heterocycles. The molecule has 1 fully saturated rings. The summed E-state index contributed by atoms with van der Waals surface area (Å²) in [5.41, 5.74) is 8.29. The molecule has 0 aliphatic carbocycles. The maximum Gasteiger partial charge on any atom is 0.253 e. The van der Waals surface area contributed by atoms with Crippen molar-refractivity contribution in [3.63, 3.8) is 0 Å². The molecule has 0 spiro atoms. The summed E-state index contributed by atoms with van der Waals surface area (Å²) < 4.78 is 5.63. The molecule has 3 rings (SSSR count). The lowest BCUT2D eigenvalue weighted by Crippen LogP contribution is -2.35. The molecule has 156 valence electrons. The SMILES string of the molecule is CCOc1ccc(C(=O)N2CCCCC2)cc1NC(=O)Cc1ccc(N)cc1.Cl. The number of nitrogens with zero attached hydrogens (tertiary/aromatic N) is 1. The van der Waals surface area contributed by atoms with Gasteiger partial charge in [-0.1, -0.05) is 12.1 Å². The van der Waals surface area contributed by atoms with E-state index in [-0.39, 0.29) is 30.6 Å². The topological polar surface area (TPSA) is 84.7 Å². The van der Waals surface area contributed by atoms with Gasteiger partial charge in [-0.05, 0) is 62.1 Å². The van der Waals surface area contributed by atoms with Gasteiger partial charge in [0.25, 0.3) is 5.91 Å². The molecule has 29 heavy (non-hydrogen) atoms. The molecule has 0 atom stereocenters. The number of carbonyl (C=O) groups excluding carboxylic acids is 2. The number of carbonyl (C=O) groups is 2. The fraction of sp³-hybridized carbons (Fsp3) is 0.364. The molecule has 1 heterocycles. The van der Waals surface area contributed by atoms with Crippen LogP contribution in [0.3, 0.4) is 0 Å². The van der Waals surface area contributed by atoms with Crippen LogP contribution in [0.4, 0.5) is 11.4 Å². The van der Waals surface area contributed by atoms with Crippen molar-refractivity contribution in [1.82, 2.24) is 4.90 Å². The Morgan fingerprint density at radius 3 is 2.41 bits per heavy atom. The van der Waals surface area contributed by atoms with Crippen molar-refractivity contribution < 1.29 is 14.3 Å². The minimum absolute atomic E-state index is 0. The second-order valence-electron chi connectivity index (χ2n) is 6.96. The van der Waals surface area contributed by atoms with E-state index in [1.807, 2.05) is 24.0 Å². The van der Waals surface area contributed by atoms with E-state index in [1.54, 1.807) is 30.3 Å². The number of anilines is 2. The van der Waals surface area contributed by atoms with Gasteiger partial charge in [0.15, 0.2) is 0 Å². The van der Waals surface area contributed by atoms with Crippen LogP contribution in [0.25, 0.3) is 0 Å². The van der Waals surface area contributed by atoms with E-state index >= 15 is 0 Å². The molecule has 7 heteroatoms. The highest BCUT2D eigenvalue weighted by Crippen LogP contribution is 2.27. The number of nitrogens with two attached hydrogens (primary N) is 1. The average Bonchev–Trinajstić information content (AvgIpc) is 2.71. The smallest absolute Gasteiger partial charge is 0.253 e. The van der Waals surface area contributed by atoms with E-state index in [4.69, 9.17) is 10.5 Å². The molecule has 1 aliphatic rings. The number of hydrogen-bond acceptors (Lipinski definition) is 4. The van der Waals surface area contributed by atoms with Crippen LogP contribution in [0.5, 0.6) is 5.75 Å². The first-order valence-electron chi connectivity index (χ1n) is 9.77. The van der Waals surface area contributed by atoms with Crippen LogP contribution in [-0.4, -0.2) is 36.4 Å². The van der Waals surface area contributed by atoms with Crippen molar-refractivity contribution >= 4 is 35.6 Å². The fourth-order valence-electron chi connectivity index (χ4n) is 3.34. The molecular formula is C22H28ClN3O3. The van der Waals surface area contributed by atoms with Crippen LogP contribution in [0, 0.1) is 0 Å². The van der Waals surface area contributed by atoms with E-state index in [1.165, 1.54) is 6.42 Å². The summed E-state index contributed by atoms with van der Waals surface area (Å²) in [7, 11) is 0. The lowest BCUT2D eigenvalue weighted by molar-refractivity contribution is -0.115. The van der Waals surface area contributed by atoms with Crippen LogP contribution in [0.2, 0.25) is 0 Å². The van der Waals surface area contributed by atoms with Gasteiger partial charge in [0.1, 0.15) is 5.75 Å². The number of rotatable bonds is 6. The predicted octanol–water partition coefficient (Wildman–Crippen LogP) is 3.90. The molecule has 1 aliphatic heterocycles. The van der Waals surface area contributed by atoms with Gasteiger partial charge < -0.3 is 20.7 Å². The molecule has 2 aromatic rings. The van der Waals surface area contributed by atoms with Crippen LogP contribution >= 0.6 is 12.4 Å². The second-order valence-corrected chi connectivity index (χ2v) is 6.96. The Morgan fingerprint density at radius 2 is 1.76 bits per heavy atom. The normalized spacial score (nSPS) is 13.3. The van der Waals surface area contributed by atoms with Crippen LogP contribution in [0.15, 0.2) is 42.5 Å². The van der Waals surface area contributed by atoms with Crippen molar-refractivity contribution in [2.24, 2.45) is 0 Å². The van der Waals surface area contributed by atoms with Gasteiger partial charge in [0, 0.05) is 24.3 Å². The molecule has 0 unspecified atom stereocenters. The highest BCUT2D eigenvalue weighted by atomic mass is 35.5. The molecule has 2 amide bonds. The van der Waals surface area contributed by atoms with E-state index in [9.17, 15) is 9.59 Å². The minimum Gasteiger partial charge on any atom is -0.492 e. The first-order valence-corrected chi connectivity index (χ1v) is 9.77. The fourth-order valence-corrected chi connectivity index (χ4v) is 3.34. The van der Waals surface area contributed by atoms with Gasteiger partial charge >= 0.3 is 0 Å². The zero-order valence-electron chi connectivity index (χ0n) is 16.6. The van der Waals surface area contributed by atoms with Crippen molar-refractivity contribution in [1.29, 1.82) is 0 Å². The third-order valence-corrected chi connectivity index (χ3v) is 4.79. The minimum atomic E-state index is -0.173. The van der Waals surface area contributed by atoms with Crippen LogP contribution < -0.4 is 15.8 Å². The largest absolute Gasteiger partial charge is 0.492 e. The Kier molecular flexibility index (Phi) is 8.34. The number of piperidine rings is 1. The molecule has 2 aromatic carbocycles. The van der Waals surface area contributed by atoms with E-state index in [2.05, 4.69) is 5.32 Å². The molecule has 0 aromatic heterocycles. The zero-order chi connectivity index (χ0) is 19.9. The third kappa shape index (κ3) is 6.12. The number of hydrogen-bond donors (Lipinski definition) is 2. The number of halogens is 1. The highest BCUT2D eigenvalue weighted by molar-refractivity contribution is 5.99. The quantitative estimate of drug-likeness (QED) is 0.698. The van der Waals surface area contributed by atoms with Gasteiger partial charge in [0.05, 0.1) is 18.7 Å². The van der Waals surface area contributed by atoms with Gasteiger partial charge in [-0.3, -0.25) is 9.59 Å². The monoisotopic (exact) mass is 417 g/mol. The van der Waals surface area contributed by atoms with E-state index in [0.29, 0.717) is 29.3 Å². The third-order valence-electron chi connectivity index (χ3n) is 4.79. The van der Waals surface area contributed by atoms with Gasteiger partial charge in [-0.15, -0.1) is 12.4 Å². The lowest BCUT2D eigenvalue weighted by atomic mass is 10.1. The maximum atomic E-state index is 12.8. The standard InChI is InChI=1S/C22H27N3O3.ClH/c1-2-28-20-11-8-17(22(27)25-12-4-3-5-13-25)15-19(20)24-21(26)14-16-6-9-18(23)10-7-16;/h6-11,15H,2-5,12-14,23H2,1H3,(H,24,26);1H. The molecule has 3 N–H and O–H groups in total. The van der Waals surface area contributed by atoms with Crippen molar-refractivity contribution in [3.8, 4) is 5.75 Å². The number of likely N-dealkylation sites (tertiary alicyclic amines) is 1. The molecule has 0 radical (unpaired) electrons. The summed E-state index contributed by atoms with van der Waals surface area (Å²) in [6.07, 6.45) is 3.46. The summed E-state index contributed by atoms with van der Waals surface area (Å²) in [6, 6.07) is 12.4. The molecule has 0 bridgehead atoms.